The summed E-state index contributed by atoms with van der Waals surface area (Å²) in [7, 11) is 1.63. The molecule has 2 heterocycles. The van der Waals surface area contributed by atoms with E-state index in [4.69, 9.17) is 0 Å². The number of aromatic nitrogens is 1. The third kappa shape index (κ3) is 4.37. The van der Waals surface area contributed by atoms with E-state index in [1.807, 2.05) is 74.6 Å². The lowest BCUT2D eigenvalue weighted by Gasteiger charge is -2.38. The van der Waals surface area contributed by atoms with Gasteiger partial charge in [0.15, 0.2) is 0 Å². The van der Waals surface area contributed by atoms with E-state index in [2.05, 4.69) is 22.2 Å². The highest BCUT2D eigenvalue weighted by Crippen LogP contribution is 2.49. The third-order valence-electron chi connectivity index (χ3n) is 5.41. The number of anilines is 1. The van der Waals surface area contributed by atoms with Gasteiger partial charge in [-0.25, -0.2) is 0 Å². The Morgan fingerprint density at radius 1 is 1.13 bits per heavy atom. The van der Waals surface area contributed by atoms with Gasteiger partial charge in [-0.05, 0) is 40.5 Å². The number of carbonyl (C=O) groups is 1. The number of hydrogen-bond donors (Lipinski definition) is 3. The summed E-state index contributed by atoms with van der Waals surface area (Å²) in [6, 6.07) is 17.4. The predicted octanol–water partition coefficient (Wildman–Crippen LogP) is 4.92. The van der Waals surface area contributed by atoms with Crippen molar-refractivity contribution in [3.8, 4) is 0 Å². The molecule has 160 valence electrons. The molecule has 1 aliphatic rings. The van der Waals surface area contributed by atoms with E-state index in [1.54, 1.807) is 13.2 Å². The predicted molar refractivity (Wildman–Crippen MR) is 126 cm³/mol. The van der Waals surface area contributed by atoms with Crippen LogP contribution < -0.4 is 10.6 Å². The molecule has 0 spiro atoms. The number of pyridine rings is 1. The maximum atomic E-state index is 12.5. The molecule has 0 saturated carbocycles. The Labute approximate surface area is 183 Å². The van der Waals surface area contributed by atoms with Gasteiger partial charge in [0.25, 0.3) is 5.91 Å². The first kappa shape index (κ1) is 22.2. The largest absolute Gasteiger partial charge is 0.392 e. The monoisotopic (exact) mass is 415 g/mol. The summed E-state index contributed by atoms with van der Waals surface area (Å²) in [6.45, 7) is 8.39. The zero-order valence-electron chi connectivity index (χ0n) is 18.2. The molecule has 0 fully saturated rings. The SMILES string of the molecule is C=C1c2c(cccc2C(=O)NC)NC(c2cccnc2)C1c1cccc(CO)c1.CC. The van der Waals surface area contributed by atoms with Crippen molar-refractivity contribution in [2.45, 2.75) is 32.4 Å². The fourth-order valence-electron chi connectivity index (χ4n) is 4.06. The van der Waals surface area contributed by atoms with Crippen LogP contribution in [0.5, 0.6) is 0 Å². The normalized spacial score (nSPS) is 17.0. The summed E-state index contributed by atoms with van der Waals surface area (Å²) in [5.41, 5.74) is 6.05. The minimum absolute atomic E-state index is 0.0297. The van der Waals surface area contributed by atoms with Crippen molar-refractivity contribution < 1.29 is 9.90 Å². The molecule has 0 saturated heterocycles. The van der Waals surface area contributed by atoms with Crippen LogP contribution in [0.4, 0.5) is 5.69 Å². The molecule has 3 N–H and O–H groups in total. The van der Waals surface area contributed by atoms with E-state index >= 15 is 0 Å². The van der Waals surface area contributed by atoms with Crippen LogP contribution in [0.1, 0.15) is 58.4 Å². The molecule has 1 amide bonds. The van der Waals surface area contributed by atoms with Gasteiger partial charge in [0.2, 0.25) is 0 Å². The maximum absolute atomic E-state index is 12.5. The Bertz CT molecular complexity index is 1060. The number of aliphatic hydroxyl groups is 1. The summed E-state index contributed by atoms with van der Waals surface area (Å²) >= 11 is 0. The fraction of sp³-hybridized carbons (Fsp3) is 0.231. The number of amides is 1. The molecule has 0 bridgehead atoms. The lowest BCUT2D eigenvalue weighted by molar-refractivity contribution is 0.0962. The average Bonchev–Trinajstić information content (AvgIpc) is 2.84. The standard InChI is InChI=1S/C24H23N3O2.C2H6/c1-15-21(17-7-3-6-16(12-17)14-28)23(18-8-5-11-26-13-18)27-20-10-4-9-19(22(15)20)24(29)25-2;1-2/h3-13,21,23,27-28H,1,14H2,2H3,(H,25,29);1-2H3. The lowest BCUT2D eigenvalue weighted by atomic mass is 9.75. The average molecular weight is 416 g/mol. The van der Waals surface area contributed by atoms with E-state index in [0.717, 1.165) is 33.5 Å². The van der Waals surface area contributed by atoms with Crippen molar-refractivity contribution >= 4 is 17.2 Å². The molecule has 31 heavy (non-hydrogen) atoms. The van der Waals surface area contributed by atoms with E-state index < -0.39 is 0 Å². The van der Waals surface area contributed by atoms with Crippen LogP contribution in [0.25, 0.3) is 5.57 Å². The summed E-state index contributed by atoms with van der Waals surface area (Å²) in [6.07, 6.45) is 3.60. The van der Waals surface area contributed by atoms with Gasteiger partial charge in [-0.15, -0.1) is 0 Å². The van der Waals surface area contributed by atoms with E-state index in [-0.39, 0.29) is 24.5 Å². The quantitative estimate of drug-likeness (QED) is 0.565. The number of nitrogens with zero attached hydrogens (tertiary/aromatic N) is 1. The Balaban J connectivity index is 0.00000132. The third-order valence-corrected chi connectivity index (χ3v) is 5.41. The number of aliphatic hydroxyl groups excluding tert-OH is 1. The highest BCUT2D eigenvalue weighted by atomic mass is 16.3. The van der Waals surface area contributed by atoms with Gasteiger partial charge in [-0.3, -0.25) is 9.78 Å². The Morgan fingerprint density at radius 2 is 1.87 bits per heavy atom. The van der Waals surface area contributed by atoms with Crippen LogP contribution in [0.15, 0.2) is 73.6 Å². The van der Waals surface area contributed by atoms with Crippen LogP contribution in [0.2, 0.25) is 0 Å². The highest BCUT2D eigenvalue weighted by Gasteiger charge is 2.35. The Kier molecular flexibility index (Phi) is 7.21. The minimum Gasteiger partial charge on any atom is -0.392 e. The first-order valence-corrected chi connectivity index (χ1v) is 10.5. The summed E-state index contributed by atoms with van der Waals surface area (Å²) in [5.74, 6) is -0.267. The second kappa shape index (κ2) is 10.0. The van der Waals surface area contributed by atoms with Gasteiger partial charge in [0.05, 0.1) is 12.6 Å². The van der Waals surface area contributed by atoms with Gasteiger partial charge in [-0.1, -0.05) is 56.8 Å². The van der Waals surface area contributed by atoms with Crippen LogP contribution >= 0.6 is 0 Å². The smallest absolute Gasteiger partial charge is 0.251 e. The lowest BCUT2D eigenvalue weighted by Crippen LogP contribution is -2.28. The van der Waals surface area contributed by atoms with Gasteiger partial charge in [-0.2, -0.15) is 0 Å². The van der Waals surface area contributed by atoms with Crippen molar-refractivity contribution in [3.05, 3.63) is 101 Å². The van der Waals surface area contributed by atoms with Crippen molar-refractivity contribution in [1.82, 2.24) is 10.3 Å². The topological polar surface area (TPSA) is 74.2 Å². The Morgan fingerprint density at radius 3 is 2.55 bits per heavy atom. The number of nitrogens with one attached hydrogen (secondary N) is 2. The molecular formula is C26H29N3O2. The number of carbonyl (C=O) groups excluding carboxylic acids is 1. The molecule has 5 nitrogen and oxygen atoms in total. The molecule has 2 unspecified atom stereocenters. The molecule has 1 aliphatic heterocycles. The summed E-state index contributed by atoms with van der Waals surface area (Å²) < 4.78 is 0. The van der Waals surface area contributed by atoms with Crippen LogP contribution in [0, 0.1) is 0 Å². The first-order chi connectivity index (χ1) is 15.1. The molecule has 3 aromatic rings. The summed E-state index contributed by atoms with van der Waals surface area (Å²) in [5, 5.41) is 15.9. The molecule has 5 heteroatoms. The zero-order valence-corrected chi connectivity index (χ0v) is 18.2. The molecule has 0 radical (unpaired) electrons. The second-order valence-electron chi connectivity index (χ2n) is 7.12. The first-order valence-electron chi connectivity index (χ1n) is 10.5. The van der Waals surface area contributed by atoms with Crippen LogP contribution in [0.3, 0.4) is 0 Å². The molecule has 4 rings (SSSR count). The van der Waals surface area contributed by atoms with Crippen LogP contribution in [-0.2, 0) is 6.61 Å². The van der Waals surface area contributed by atoms with Crippen molar-refractivity contribution in [2.24, 2.45) is 0 Å². The van der Waals surface area contributed by atoms with Gasteiger partial charge in [0.1, 0.15) is 0 Å². The second-order valence-corrected chi connectivity index (χ2v) is 7.12. The van der Waals surface area contributed by atoms with Crippen LogP contribution in [-0.4, -0.2) is 23.0 Å². The number of rotatable bonds is 4. The Hall–Kier alpha value is -3.44. The number of hydrogen-bond acceptors (Lipinski definition) is 4. The van der Waals surface area contributed by atoms with Gasteiger partial charge in [0, 0.05) is 42.2 Å². The number of benzene rings is 2. The zero-order chi connectivity index (χ0) is 22.4. The van der Waals surface area contributed by atoms with Gasteiger partial charge < -0.3 is 15.7 Å². The minimum atomic E-state index is -0.146. The number of fused-ring (bicyclic) bond motifs is 1. The molecule has 2 aromatic carbocycles. The van der Waals surface area contributed by atoms with Crippen molar-refractivity contribution in [3.63, 3.8) is 0 Å². The molecule has 0 aliphatic carbocycles. The van der Waals surface area contributed by atoms with E-state index in [0.29, 0.717) is 5.56 Å². The van der Waals surface area contributed by atoms with Gasteiger partial charge >= 0.3 is 0 Å². The summed E-state index contributed by atoms with van der Waals surface area (Å²) in [4.78, 5) is 16.8. The van der Waals surface area contributed by atoms with E-state index in [1.165, 1.54) is 0 Å². The van der Waals surface area contributed by atoms with E-state index in [9.17, 15) is 9.90 Å². The van der Waals surface area contributed by atoms with Crippen molar-refractivity contribution in [1.29, 1.82) is 0 Å². The maximum Gasteiger partial charge on any atom is 0.251 e. The van der Waals surface area contributed by atoms with Crippen molar-refractivity contribution in [2.75, 3.05) is 12.4 Å². The highest BCUT2D eigenvalue weighted by molar-refractivity contribution is 6.03. The molecular weight excluding hydrogens is 386 g/mol. The molecule has 1 aromatic heterocycles. The fourth-order valence-corrected chi connectivity index (χ4v) is 4.06. The molecule has 2 atom stereocenters.